The van der Waals surface area contributed by atoms with E-state index in [-0.39, 0.29) is 24.5 Å². The highest BCUT2D eigenvalue weighted by Crippen LogP contribution is 2.42. The predicted octanol–water partition coefficient (Wildman–Crippen LogP) is 5.65. The summed E-state index contributed by atoms with van der Waals surface area (Å²) < 4.78 is 62.4. The van der Waals surface area contributed by atoms with E-state index in [9.17, 15) is 22.8 Å². The number of aromatic nitrogens is 1. The van der Waals surface area contributed by atoms with Crippen LogP contribution in [0.3, 0.4) is 0 Å². The largest absolute Gasteiger partial charge is 0.497 e. The minimum Gasteiger partial charge on any atom is -0.497 e. The van der Waals surface area contributed by atoms with Crippen molar-refractivity contribution in [3.8, 4) is 11.5 Å². The minimum absolute atomic E-state index is 0.0970. The molecule has 1 aliphatic rings. The average molecular weight is 543 g/mol. The minimum atomic E-state index is -4.71. The first-order chi connectivity index (χ1) is 18.6. The van der Waals surface area contributed by atoms with E-state index in [0.717, 1.165) is 35.7 Å². The number of carbonyl (C=O) groups excluding carboxylic acids is 2. The van der Waals surface area contributed by atoms with E-state index in [1.54, 1.807) is 19.2 Å². The third-order valence-electron chi connectivity index (χ3n) is 6.72. The number of fused-ring (bicyclic) bond motifs is 3. The van der Waals surface area contributed by atoms with Crippen molar-refractivity contribution in [2.75, 3.05) is 20.8 Å². The number of furan rings is 1. The number of H-pyrrole nitrogens is 1. The van der Waals surface area contributed by atoms with Crippen LogP contribution in [0.15, 0.2) is 52.9 Å². The Kier molecular flexibility index (Phi) is 6.75. The third kappa shape index (κ3) is 4.91. The molecule has 1 atom stereocenters. The number of alkyl halides is 3. The first-order valence-corrected chi connectivity index (χ1v) is 12.1. The van der Waals surface area contributed by atoms with E-state index in [0.29, 0.717) is 29.4 Å². The highest BCUT2D eigenvalue weighted by molar-refractivity contribution is 5.96. The zero-order valence-corrected chi connectivity index (χ0v) is 21.3. The highest BCUT2D eigenvalue weighted by Gasteiger charge is 2.39. The van der Waals surface area contributed by atoms with Crippen molar-refractivity contribution in [1.82, 2.24) is 9.88 Å². The summed E-state index contributed by atoms with van der Waals surface area (Å²) in [7, 11) is 2.71. The molecule has 1 N–H and O–H groups in total. The molecule has 0 saturated carbocycles. The summed E-state index contributed by atoms with van der Waals surface area (Å²) in [5, 5.41) is 0.914. The Balaban J connectivity index is 1.60. The maximum absolute atomic E-state index is 13.8. The summed E-state index contributed by atoms with van der Waals surface area (Å²) in [6.07, 6.45) is -4.26. The molecule has 8 nitrogen and oxygen atoms in total. The number of aromatic amines is 1. The molecule has 11 heteroatoms. The van der Waals surface area contributed by atoms with Crippen molar-refractivity contribution in [2.24, 2.45) is 0 Å². The van der Waals surface area contributed by atoms with Crippen molar-refractivity contribution in [1.29, 1.82) is 0 Å². The molecule has 2 aromatic carbocycles. The first kappa shape index (κ1) is 26.2. The number of benzene rings is 2. The number of amides is 1. The Labute approximate surface area is 221 Å². The molecule has 1 aliphatic heterocycles. The molecule has 2 aromatic heterocycles. The molecule has 1 amide bonds. The molecule has 0 aliphatic carbocycles. The predicted molar refractivity (Wildman–Crippen MR) is 134 cm³/mol. The molecule has 0 saturated heterocycles. The maximum atomic E-state index is 13.8. The lowest BCUT2D eigenvalue weighted by Crippen LogP contribution is -2.40. The molecule has 1 unspecified atom stereocenters. The van der Waals surface area contributed by atoms with Crippen LogP contribution in [-0.4, -0.2) is 42.5 Å². The van der Waals surface area contributed by atoms with E-state index in [4.69, 9.17) is 18.6 Å². The highest BCUT2D eigenvalue weighted by atomic mass is 19.4. The lowest BCUT2D eigenvalue weighted by molar-refractivity contribution is -0.142. The number of nitrogens with zero attached hydrogens (tertiary/aromatic N) is 1. The van der Waals surface area contributed by atoms with Crippen LogP contribution in [0, 0.1) is 0 Å². The van der Waals surface area contributed by atoms with Crippen molar-refractivity contribution < 1.29 is 41.4 Å². The van der Waals surface area contributed by atoms with Crippen LogP contribution in [0.2, 0.25) is 0 Å². The lowest BCUT2D eigenvalue weighted by Gasteiger charge is -2.35. The normalized spacial score (nSPS) is 15.2. The summed E-state index contributed by atoms with van der Waals surface area (Å²) in [5.74, 6) is -0.0563. The second-order valence-corrected chi connectivity index (χ2v) is 9.08. The zero-order valence-electron chi connectivity index (χ0n) is 21.3. The molecule has 3 heterocycles. The monoisotopic (exact) mass is 542 g/mol. The number of esters is 1. The van der Waals surface area contributed by atoms with E-state index in [1.165, 1.54) is 17.9 Å². The number of ether oxygens (including phenoxy) is 3. The lowest BCUT2D eigenvalue weighted by atomic mass is 9.94. The number of carbonyl (C=O) groups is 2. The number of rotatable bonds is 6. The van der Waals surface area contributed by atoms with E-state index in [1.807, 2.05) is 18.2 Å². The summed E-state index contributed by atoms with van der Waals surface area (Å²) in [4.78, 5) is 29.9. The molecule has 0 fully saturated rings. The van der Waals surface area contributed by atoms with Crippen molar-refractivity contribution in [3.63, 3.8) is 0 Å². The van der Waals surface area contributed by atoms with Crippen LogP contribution in [-0.2, 0) is 28.7 Å². The second kappa shape index (κ2) is 10.0. The Morgan fingerprint density at radius 2 is 1.87 bits per heavy atom. The van der Waals surface area contributed by atoms with Gasteiger partial charge in [-0.2, -0.15) is 13.2 Å². The number of hydrogen-bond donors (Lipinski definition) is 1. The number of halogens is 3. The van der Waals surface area contributed by atoms with Gasteiger partial charge in [0, 0.05) is 29.9 Å². The Morgan fingerprint density at radius 3 is 2.56 bits per heavy atom. The molecule has 0 radical (unpaired) electrons. The van der Waals surface area contributed by atoms with Gasteiger partial charge in [-0.3, -0.25) is 9.59 Å². The van der Waals surface area contributed by atoms with Gasteiger partial charge >= 0.3 is 12.1 Å². The summed E-state index contributed by atoms with van der Waals surface area (Å²) in [6, 6.07) is 11.3. The van der Waals surface area contributed by atoms with Crippen molar-refractivity contribution in [3.05, 3.63) is 82.4 Å². The maximum Gasteiger partial charge on any atom is 0.419 e. The summed E-state index contributed by atoms with van der Waals surface area (Å²) in [6.45, 7) is 1.40. The number of methoxy groups -OCH3 is 2. The van der Waals surface area contributed by atoms with Crippen LogP contribution < -0.4 is 9.47 Å². The fourth-order valence-electron chi connectivity index (χ4n) is 4.93. The molecule has 5 rings (SSSR count). The average Bonchev–Trinajstić information content (AvgIpc) is 3.54. The van der Waals surface area contributed by atoms with Gasteiger partial charge in [0.05, 0.1) is 25.5 Å². The van der Waals surface area contributed by atoms with Gasteiger partial charge in [0.1, 0.15) is 35.7 Å². The SMILES string of the molecule is COc1ccc2[nH]c3c(c2c1)CCN(C(=O)c1ccc(OC)c(C(F)(F)F)c1)C3c1ccc(COC(C)=O)o1. The van der Waals surface area contributed by atoms with Gasteiger partial charge < -0.3 is 28.5 Å². The molecule has 0 bridgehead atoms. The molecule has 204 valence electrons. The molecule has 4 aromatic rings. The number of hydrogen-bond acceptors (Lipinski definition) is 6. The van der Waals surface area contributed by atoms with Gasteiger partial charge in [0.25, 0.3) is 5.91 Å². The summed E-state index contributed by atoms with van der Waals surface area (Å²) >= 11 is 0. The summed E-state index contributed by atoms with van der Waals surface area (Å²) in [5.41, 5.74) is 1.26. The van der Waals surface area contributed by atoms with Gasteiger partial charge in [-0.1, -0.05) is 0 Å². The fourth-order valence-corrected chi connectivity index (χ4v) is 4.93. The van der Waals surface area contributed by atoms with E-state index >= 15 is 0 Å². The Morgan fingerprint density at radius 1 is 1.08 bits per heavy atom. The van der Waals surface area contributed by atoms with Crippen LogP contribution in [0.4, 0.5) is 13.2 Å². The van der Waals surface area contributed by atoms with Gasteiger partial charge in [0.2, 0.25) is 0 Å². The topological polar surface area (TPSA) is 94.0 Å². The van der Waals surface area contributed by atoms with Gasteiger partial charge in [0.15, 0.2) is 0 Å². The van der Waals surface area contributed by atoms with Crippen molar-refractivity contribution >= 4 is 22.8 Å². The quantitative estimate of drug-likeness (QED) is 0.317. The molecular formula is C28H25F3N2O6. The van der Waals surface area contributed by atoms with Gasteiger partial charge in [-0.25, -0.2) is 0 Å². The van der Waals surface area contributed by atoms with E-state index in [2.05, 4.69) is 4.98 Å². The zero-order chi connectivity index (χ0) is 27.9. The van der Waals surface area contributed by atoms with Gasteiger partial charge in [-0.15, -0.1) is 0 Å². The van der Waals surface area contributed by atoms with Crippen molar-refractivity contribution in [2.45, 2.75) is 32.2 Å². The standard InChI is InChI=1S/C28H25F3N2O6/c1-15(34)38-14-18-6-9-24(39-18)26-25-19(20-13-17(36-2)5-7-22(20)32-25)10-11-33(26)27(35)16-4-8-23(37-3)21(12-16)28(29,30)31/h4-9,12-13,26,32H,10-11,14H2,1-3H3. The second-order valence-electron chi connectivity index (χ2n) is 9.08. The Bertz CT molecular complexity index is 1550. The van der Waals surface area contributed by atoms with Gasteiger partial charge in [-0.05, 0) is 60.5 Å². The van der Waals surface area contributed by atoms with E-state index < -0.39 is 29.7 Å². The fraction of sp³-hybridized carbons (Fsp3) is 0.286. The van der Waals surface area contributed by atoms with Crippen LogP contribution >= 0.6 is 0 Å². The van der Waals surface area contributed by atoms with Crippen LogP contribution in [0.1, 0.15) is 51.7 Å². The molecule has 0 spiro atoms. The molecule has 39 heavy (non-hydrogen) atoms. The van der Waals surface area contributed by atoms with Crippen LogP contribution in [0.25, 0.3) is 10.9 Å². The third-order valence-corrected chi connectivity index (χ3v) is 6.72. The Hall–Kier alpha value is -4.41. The number of nitrogens with one attached hydrogen (secondary N) is 1. The van der Waals surface area contributed by atoms with Crippen LogP contribution in [0.5, 0.6) is 11.5 Å². The first-order valence-electron chi connectivity index (χ1n) is 12.1. The molecular weight excluding hydrogens is 517 g/mol. The smallest absolute Gasteiger partial charge is 0.419 e.